The molecule has 9 heteroatoms. The number of hydrogen-bond donors (Lipinski definition) is 1. The third-order valence-corrected chi connectivity index (χ3v) is 5.00. The molecule has 24 heavy (non-hydrogen) atoms. The molecule has 1 aromatic carbocycles. The minimum atomic E-state index is -3.62. The Labute approximate surface area is 141 Å². The van der Waals surface area contributed by atoms with Gasteiger partial charge in [-0.15, -0.1) is 0 Å². The zero-order valence-electron chi connectivity index (χ0n) is 14.3. The Bertz CT molecular complexity index is 715. The maximum Gasteiger partial charge on any atom is 0.332 e. The van der Waals surface area contributed by atoms with Crippen LogP contribution >= 0.6 is 0 Å². The molecule has 8 nitrogen and oxygen atoms in total. The molecule has 0 aliphatic carbocycles. The lowest BCUT2D eigenvalue weighted by atomic mass is 10.2. The maximum atomic E-state index is 12.2. The Morgan fingerprint density at radius 2 is 1.92 bits per heavy atom. The molecule has 0 bridgehead atoms. The van der Waals surface area contributed by atoms with Gasteiger partial charge in [-0.3, -0.25) is 4.79 Å². The number of sulfonamides is 1. The van der Waals surface area contributed by atoms with Gasteiger partial charge in [0.2, 0.25) is 10.0 Å². The first-order chi connectivity index (χ1) is 11.1. The fourth-order valence-electron chi connectivity index (χ4n) is 1.74. The van der Waals surface area contributed by atoms with Crippen molar-refractivity contribution in [1.82, 2.24) is 4.31 Å². The van der Waals surface area contributed by atoms with Crippen molar-refractivity contribution in [3.63, 3.8) is 0 Å². The number of nitrogens with zero attached hydrogens (tertiary/aromatic N) is 1. The molecule has 0 saturated carbocycles. The fraction of sp³-hybridized carbons (Fsp3) is 0.467. The van der Waals surface area contributed by atoms with Crippen LogP contribution in [0.1, 0.15) is 12.5 Å². The average molecular weight is 358 g/mol. The monoisotopic (exact) mass is 358 g/mol. The minimum absolute atomic E-state index is 0.0532. The van der Waals surface area contributed by atoms with Crippen LogP contribution in [0.2, 0.25) is 0 Å². The van der Waals surface area contributed by atoms with E-state index in [1.165, 1.54) is 40.3 Å². The summed E-state index contributed by atoms with van der Waals surface area (Å²) in [6, 6.07) is 4.42. The first-order valence-corrected chi connectivity index (χ1v) is 8.56. The number of methoxy groups -OCH3 is 1. The molecule has 0 heterocycles. The molecule has 1 rings (SSSR count). The molecule has 0 fully saturated rings. The highest BCUT2D eigenvalue weighted by molar-refractivity contribution is 7.89. The van der Waals surface area contributed by atoms with Crippen molar-refractivity contribution in [3.05, 3.63) is 23.8 Å². The van der Waals surface area contributed by atoms with Gasteiger partial charge in [-0.2, -0.15) is 0 Å². The molecule has 0 spiro atoms. The van der Waals surface area contributed by atoms with Crippen molar-refractivity contribution in [2.75, 3.05) is 33.1 Å². The first kappa shape index (κ1) is 20.1. The molecular formula is C15H22N2O6S. The SMILES string of the molecule is COCC(=O)O[C@H](C)C(=O)Nc1cc(S(=O)(=O)N(C)C)ccc1C. The number of carbonyl (C=O) groups excluding carboxylic acids is 2. The predicted octanol–water partition coefficient (Wildman–Crippen LogP) is 0.762. The van der Waals surface area contributed by atoms with Gasteiger partial charge in [0.05, 0.1) is 4.90 Å². The lowest BCUT2D eigenvalue weighted by molar-refractivity contribution is -0.156. The van der Waals surface area contributed by atoms with Crippen LogP contribution in [0, 0.1) is 6.92 Å². The topological polar surface area (TPSA) is 102 Å². The van der Waals surface area contributed by atoms with Crippen molar-refractivity contribution >= 4 is 27.6 Å². The summed E-state index contributed by atoms with van der Waals surface area (Å²) in [6.45, 7) is 2.88. The molecule has 0 aliphatic rings. The molecule has 1 aromatic rings. The summed E-state index contributed by atoms with van der Waals surface area (Å²) < 4.78 is 34.9. The number of ether oxygens (including phenoxy) is 2. The lowest BCUT2D eigenvalue weighted by Crippen LogP contribution is -2.31. The second kappa shape index (κ2) is 8.22. The summed E-state index contributed by atoms with van der Waals surface area (Å²) >= 11 is 0. The third kappa shape index (κ3) is 5.02. The number of hydrogen-bond acceptors (Lipinski definition) is 6. The zero-order valence-corrected chi connectivity index (χ0v) is 15.1. The highest BCUT2D eigenvalue weighted by Gasteiger charge is 2.21. The van der Waals surface area contributed by atoms with E-state index in [1.807, 2.05) is 0 Å². The van der Waals surface area contributed by atoms with E-state index in [0.717, 1.165) is 4.31 Å². The number of nitrogens with one attached hydrogen (secondary N) is 1. The molecule has 0 saturated heterocycles. The minimum Gasteiger partial charge on any atom is -0.451 e. The van der Waals surface area contributed by atoms with Gasteiger partial charge in [0, 0.05) is 26.9 Å². The molecule has 1 amide bonds. The summed E-state index contributed by atoms with van der Waals surface area (Å²) in [5, 5.41) is 2.57. The van der Waals surface area contributed by atoms with Crippen LogP contribution < -0.4 is 5.32 Å². The van der Waals surface area contributed by atoms with Crippen molar-refractivity contribution in [1.29, 1.82) is 0 Å². The molecule has 1 atom stereocenters. The summed E-state index contributed by atoms with van der Waals surface area (Å²) in [7, 11) is 0.564. The number of benzene rings is 1. The summed E-state index contributed by atoms with van der Waals surface area (Å²) in [4.78, 5) is 23.5. The molecule has 0 aromatic heterocycles. The molecule has 0 unspecified atom stereocenters. The standard InChI is InChI=1S/C15H22N2O6S/c1-10-6-7-12(24(20,21)17(3)4)8-13(10)16-15(19)11(2)23-14(18)9-22-5/h6-8,11H,9H2,1-5H3,(H,16,19)/t11-/m1/s1. The first-order valence-electron chi connectivity index (χ1n) is 7.12. The van der Waals surface area contributed by atoms with Crippen molar-refractivity contribution in [2.24, 2.45) is 0 Å². The Hall–Kier alpha value is -1.97. The average Bonchev–Trinajstić information content (AvgIpc) is 2.49. The highest BCUT2D eigenvalue weighted by atomic mass is 32.2. The van der Waals surface area contributed by atoms with E-state index in [2.05, 4.69) is 10.1 Å². The number of aryl methyl sites for hydroxylation is 1. The molecule has 1 N–H and O–H groups in total. The Morgan fingerprint density at radius 3 is 2.46 bits per heavy atom. The second-order valence-electron chi connectivity index (χ2n) is 5.32. The van der Waals surface area contributed by atoms with E-state index in [9.17, 15) is 18.0 Å². The zero-order chi connectivity index (χ0) is 18.5. The van der Waals surface area contributed by atoms with E-state index in [1.54, 1.807) is 13.0 Å². The summed E-state index contributed by atoms with van der Waals surface area (Å²) in [6.07, 6.45) is -1.04. The van der Waals surface area contributed by atoms with E-state index in [0.29, 0.717) is 11.3 Å². The van der Waals surface area contributed by atoms with Crippen LogP contribution in [-0.2, 0) is 29.1 Å². The summed E-state index contributed by atoms with van der Waals surface area (Å²) in [5.74, 6) is -1.23. The van der Waals surface area contributed by atoms with E-state index < -0.39 is 28.0 Å². The maximum absolute atomic E-state index is 12.2. The number of amides is 1. The Balaban J connectivity index is 2.95. The van der Waals surface area contributed by atoms with Crippen LogP contribution in [0.5, 0.6) is 0 Å². The lowest BCUT2D eigenvalue weighted by Gasteiger charge is -2.16. The quantitative estimate of drug-likeness (QED) is 0.722. The third-order valence-electron chi connectivity index (χ3n) is 3.19. The predicted molar refractivity (Wildman–Crippen MR) is 88.1 cm³/mol. The Morgan fingerprint density at radius 1 is 1.29 bits per heavy atom. The number of rotatable bonds is 7. The van der Waals surface area contributed by atoms with Crippen LogP contribution in [0.25, 0.3) is 0 Å². The van der Waals surface area contributed by atoms with Crippen LogP contribution in [-0.4, -0.2) is 58.5 Å². The summed E-state index contributed by atoms with van der Waals surface area (Å²) in [5.41, 5.74) is 1.01. The van der Waals surface area contributed by atoms with Gasteiger partial charge in [-0.25, -0.2) is 17.5 Å². The molecule has 0 radical (unpaired) electrons. The Kier molecular flexibility index (Phi) is 6.88. The van der Waals surface area contributed by atoms with Crippen molar-refractivity contribution in [2.45, 2.75) is 24.8 Å². The van der Waals surface area contributed by atoms with Gasteiger partial charge in [0.25, 0.3) is 5.91 Å². The van der Waals surface area contributed by atoms with Gasteiger partial charge >= 0.3 is 5.97 Å². The second-order valence-corrected chi connectivity index (χ2v) is 7.47. The van der Waals surface area contributed by atoms with Gasteiger partial charge < -0.3 is 14.8 Å². The molecular weight excluding hydrogens is 336 g/mol. The fourth-order valence-corrected chi connectivity index (χ4v) is 2.67. The highest BCUT2D eigenvalue weighted by Crippen LogP contribution is 2.22. The molecule has 134 valence electrons. The van der Waals surface area contributed by atoms with Crippen LogP contribution in [0.4, 0.5) is 5.69 Å². The largest absolute Gasteiger partial charge is 0.451 e. The van der Waals surface area contributed by atoms with Crippen LogP contribution in [0.3, 0.4) is 0 Å². The van der Waals surface area contributed by atoms with Crippen molar-refractivity contribution < 1.29 is 27.5 Å². The number of anilines is 1. The van der Waals surface area contributed by atoms with Crippen molar-refractivity contribution in [3.8, 4) is 0 Å². The van der Waals surface area contributed by atoms with Gasteiger partial charge in [-0.1, -0.05) is 6.07 Å². The normalized spacial score (nSPS) is 12.8. The molecule has 0 aliphatic heterocycles. The van der Waals surface area contributed by atoms with E-state index >= 15 is 0 Å². The van der Waals surface area contributed by atoms with Gasteiger partial charge in [0.15, 0.2) is 6.10 Å². The van der Waals surface area contributed by atoms with Gasteiger partial charge in [-0.05, 0) is 31.5 Å². The number of esters is 1. The smallest absolute Gasteiger partial charge is 0.332 e. The van der Waals surface area contributed by atoms with Gasteiger partial charge in [0.1, 0.15) is 6.61 Å². The van der Waals surface area contributed by atoms with E-state index in [4.69, 9.17) is 4.74 Å². The van der Waals surface area contributed by atoms with Crippen LogP contribution in [0.15, 0.2) is 23.1 Å². The van der Waals surface area contributed by atoms with E-state index in [-0.39, 0.29) is 11.5 Å². The number of carbonyl (C=O) groups is 2.